The van der Waals surface area contributed by atoms with E-state index in [0.717, 1.165) is 52.6 Å². The van der Waals surface area contributed by atoms with Crippen molar-refractivity contribution < 1.29 is 4.42 Å². The van der Waals surface area contributed by atoms with E-state index in [1.165, 1.54) is 0 Å². The van der Waals surface area contributed by atoms with Crippen molar-refractivity contribution in [3.63, 3.8) is 0 Å². The molecule has 3 aromatic rings. The molecular weight excluding hydrogens is 262 g/mol. The van der Waals surface area contributed by atoms with Crippen molar-refractivity contribution in [1.29, 1.82) is 0 Å². The summed E-state index contributed by atoms with van der Waals surface area (Å²) in [5.74, 6) is 2.51. The largest absolute Gasteiger partial charge is 0.454 e. The first-order valence-corrected chi connectivity index (χ1v) is 7.33. The van der Waals surface area contributed by atoms with E-state index in [2.05, 4.69) is 29.1 Å². The van der Waals surface area contributed by atoms with Gasteiger partial charge in [-0.05, 0) is 26.0 Å². The number of anilines is 1. The van der Waals surface area contributed by atoms with Crippen LogP contribution in [-0.4, -0.2) is 16.5 Å². The Hall–Kier alpha value is -2.36. The maximum absolute atomic E-state index is 5.95. The van der Waals surface area contributed by atoms with E-state index in [4.69, 9.17) is 4.42 Å². The molecule has 1 aromatic carbocycles. The minimum Gasteiger partial charge on any atom is -0.454 e. The number of aromatic nitrogens is 2. The predicted octanol–water partition coefficient (Wildman–Crippen LogP) is 4.19. The van der Waals surface area contributed by atoms with Gasteiger partial charge in [-0.3, -0.25) is 0 Å². The van der Waals surface area contributed by atoms with Gasteiger partial charge in [0.05, 0.1) is 0 Å². The predicted molar refractivity (Wildman–Crippen MR) is 85.5 cm³/mol. The third-order valence-electron chi connectivity index (χ3n) is 3.51. The molecule has 0 radical (unpaired) electrons. The summed E-state index contributed by atoms with van der Waals surface area (Å²) in [5, 5.41) is 4.39. The second-order valence-electron chi connectivity index (χ2n) is 4.99. The average molecular weight is 281 g/mol. The van der Waals surface area contributed by atoms with E-state index < -0.39 is 0 Å². The Morgan fingerprint density at radius 1 is 1.14 bits per heavy atom. The molecule has 108 valence electrons. The number of rotatable bonds is 4. The maximum atomic E-state index is 5.95. The number of para-hydroxylation sites is 1. The second-order valence-corrected chi connectivity index (χ2v) is 4.99. The Morgan fingerprint density at radius 2 is 1.95 bits per heavy atom. The summed E-state index contributed by atoms with van der Waals surface area (Å²) < 4.78 is 5.95. The van der Waals surface area contributed by atoms with Gasteiger partial charge in [-0.15, -0.1) is 0 Å². The molecule has 0 aliphatic rings. The molecule has 0 aliphatic heterocycles. The highest BCUT2D eigenvalue weighted by molar-refractivity contribution is 5.83. The monoisotopic (exact) mass is 281 g/mol. The van der Waals surface area contributed by atoms with E-state index in [9.17, 15) is 0 Å². The highest BCUT2D eigenvalue weighted by atomic mass is 16.3. The quantitative estimate of drug-likeness (QED) is 0.779. The van der Waals surface area contributed by atoms with Crippen molar-refractivity contribution >= 4 is 16.8 Å². The number of hydrogen-bond acceptors (Lipinski definition) is 4. The van der Waals surface area contributed by atoms with Gasteiger partial charge in [0.1, 0.15) is 22.9 Å². The minimum absolute atomic E-state index is 0.796. The number of aryl methyl sites for hydroxylation is 1. The zero-order valence-electron chi connectivity index (χ0n) is 12.6. The fourth-order valence-electron chi connectivity index (χ4n) is 2.40. The molecule has 0 atom stereocenters. The fourth-order valence-corrected chi connectivity index (χ4v) is 2.40. The topological polar surface area (TPSA) is 51.0 Å². The summed E-state index contributed by atoms with van der Waals surface area (Å²) in [5.41, 5.74) is 2.77. The van der Waals surface area contributed by atoms with Crippen LogP contribution in [0.15, 0.2) is 34.7 Å². The standard InChI is InChI=1S/C17H19N3O/c1-4-15-19-16(11(3)17(20-15)18-5-2)14-10-12-8-6-7-9-13(12)21-14/h6-10H,4-5H2,1-3H3,(H,18,19,20). The Balaban J connectivity index is 2.17. The van der Waals surface area contributed by atoms with Crippen LogP contribution in [0.2, 0.25) is 0 Å². The lowest BCUT2D eigenvalue weighted by molar-refractivity contribution is 0.627. The number of fused-ring (bicyclic) bond motifs is 1. The Labute approximate surface area is 124 Å². The molecule has 0 amide bonds. The van der Waals surface area contributed by atoms with Crippen molar-refractivity contribution in [3.05, 3.63) is 41.7 Å². The van der Waals surface area contributed by atoms with Crippen molar-refractivity contribution in [3.8, 4) is 11.5 Å². The van der Waals surface area contributed by atoms with Gasteiger partial charge in [-0.2, -0.15) is 0 Å². The molecule has 0 saturated heterocycles. The summed E-state index contributed by atoms with van der Waals surface area (Å²) in [7, 11) is 0. The molecule has 21 heavy (non-hydrogen) atoms. The van der Waals surface area contributed by atoms with E-state index in [-0.39, 0.29) is 0 Å². The first-order valence-electron chi connectivity index (χ1n) is 7.33. The molecule has 0 bridgehead atoms. The number of hydrogen-bond donors (Lipinski definition) is 1. The number of furan rings is 1. The van der Waals surface area contributed by atoms with Gasteiger partial charge in [-0.25, -0.2) is 9.97 Å². The van der Waals surface area contributed by atoms with Crippen LogP contribution in [0.3, 0.4) is 0 Å². The highest BCUT2D eigenvalue weighted by Crippen LogP contribution is 2.30. The molecule has 0 spiro atoms. The highest BCUT2D eigenvalue weighted by Gasteiger charge is 2.15. The number of benzene rings is 1. The van der Waals surface area contributed by atoms with Crippen LogP contribution in [0, 0.1) is 6.92 Å². The minimum atomic E-state index is 0.796. The summed E-state index contributed by atoms with van der Waals surface area (Å²) in [6.45, 7) is 6.98. The molecule has 4 heteroatoms. The molecule has 0 unspecified atom stereocenters. The Bertz CT molecular complexity index is 744. The first kappa shape index (κ1) is 13.6. The lowest BCUT2D eigenvalue weighted by Gasteiger charge is -2.11. The van der Waals surface area contributed by atoms with E-state index in [0.29, 0.717) is 0 Å². The van der Waals surface area contributed by atoms with Gasteiger partial charge < -0.3 is 9.73 Å². The van der Waals surface area contributed by atoms with Crippen molar-refractivity contribution in [2.75, 3.05) is 11.9 Å². The van der Waals surface area contributed by atoms with Gasteiger partial charge >= 0.3 is 0 Å². The smallest absolute Gasteiger partial charge is 0.154 e. The molecule has 0 fully saturated rings. The van der Waals surface area contributed by atoms with Crippen molar-refractivity contribution in [2.24, 2.45) is 0 Å². The molecule has 2 heterocycles. The van der Waals surface area contributed by atoms with E-state index >= 15 is 0 Å². The van der Waals surface area contributed by atoms with E-state index in [1.54, 1.807) is 0 Å². The molecular formula is C17H19N3O. The summed E-state index contributed by atoms with van der Waals surface area (Å²) in [6, 6.07) is 10.0. The number of nitrogens with zero attached hydrogens (tertiary/aromatic N) is 2. The van der Waals surface area contributed by atoms with Crippen molar-refractivity contribution in [1.82, 2.24) is 9.97 Å². The first-order chi connectivity index (χ1) is 10.2. The SMILES string of the molecule is CCNc1nc(CC)nc(-c2cc3ccccc3o2)c1C. The molecule has 2 aromatic heterocycles. The maximum Gasteiger partial charge on any atom is 0.154 e. The molecule has 4 nitrogen and oxygen atoms in total. The summed E-state index contributed by atoms with van der Waals surface area (Å²) in [6.07, 6.45) is 0.798. The zero-order chi connectivity index (χ0) is 14.8. The molecule has 0 aliphatic carbocycles. The zero-order valence-corrected chi connectivity index (χ0v) is 12.6. The van der Waals surface area contributed by atoms with Crippen LogP contribution in [0.5, 0.6) is 0 Å². The third kappa shape index (κ3) is 2.49. The van der Waals surface area contributed by atoms with Crippen LogP contribution in [0.4, 0.5) is 5.82 Å². The van der Waals surface area contributed by atoms with Gasteiger partial charge in [0.2, 0.25) is 0 Å². The van der Waals surface area contributed by atoms with Gasteiger partial charge in [0.25, 0.3) is 0 Å². The van der Waals surface area contributed by atoms with Crippen molar-refractivity contribution in [2.45, 2.75) is 27.2 Å². The van der Waals surface area contributed by atoms with Crippen LogP contribution in [-0.2, 0) is 6.42 Å². The molecule has 0 saturated carbocycles. The van der Waals surface area contributed by atoms with Crippen LogP contribution >= 0.6 is 0 Å². The van der Waals surface area contributed by atoms with Crippen LogP contribution in [0.1, 0.15) is 25.2 Å². The van der Waals surface area contributed by atoms with Crippen LogP contribution in [0.25, 0.3) is 22.4 Å². The third-order valence-corrected chi connectivity index (χ3v) is 3.51. The van der Waals surface area contributed by atoms with Gasteiger partial charge in [0.15, 0.2) is 5.76 Å². The Kier molecular flexibility index (Phi) is 3.60. The number of nitrogens with one attached hydrogen (secondary N) is 1. The molecule has 1 N–H and O–H groups in total. The lowest BCUT2D eigenvalue weighted by atomic mass is 10.1. The lowest BCUT2D eigenvalue weighted by Crippen LogP contribution is -2.07. The summed E-state index contributed by atoms with van der Waals surface area (Å²) in [4.78, 5) is 9.21. The normalized spacial score (nSPS) is 11.0. The molecule has 3 rings (SSSR count). The summed E-state index contributed by atoms with van der Waals surface area (Å²) >= 11 is 0. The second kappa shape index (κ2) is 5.56. The van der Waals surface area contributed by atoms with Gasteiger partial charge in [-0.1, -0.05) is 25.1 Å². The fraction of sp³-hybridized carbons (Fsp3) is 0.294. The van der Waals surface area contributed by atoms with E-state index in [1.807, 2.05) is 37.3 Å². The van der Waals surface area contributed by atoms with Crippen LogP contribution < -0.4 is 5.32 Å². The Morgan fingerprint density at radius 3 is 2.67 bits per heavy atom. The average Bonchev–Trinajstić information content (AvgIpc) is 2.93. The van der Waals surface area contributed by atoms with Gasteiger partial charge in [0, 0.05) is 23.9 Å².